The van der Waals surface area contributed by atoms with E-state index in [1.165, 1.54) is 11.0 Å². The fourth-order valence-electron chi connectivity index (χ4n) is 3.47. The predicted octanol–water partition coefficient (Wildman–Crippen LogP) is 4.25. The minimum atomic E-state index is -4.74. The molecule has 0 aromatic heterocycles. The van der Waals surface area contributed by atoms with Gasteiger partial charge in [0.25, 0.3) is 5.91 Å². The Balaban J connectivity index is 1.77. The maximum atomic E-state index is 13.4. The molecule has 26 heavy (non-hydrogen) atoms. The first-order valence-electron chi connectivity index (χ1n) is 7.85. The number of hydrogen-bond donors (Lipinski definition) is 0. The van der Waals surface area contributed by atoms with Crippen LogP contribution in [0.25, 0.3) is 0 Å². The van der Waals surface area contributed by atoms with E-state index >= 15 is 0 Å². The summed E-state index contributed by atoms with van der Waals surface area (Å²) in [5.74, 6) is -0.655. The molecular weight excluding hydrogens is 369 g/mol. The van der Waals surface area contributed by atoms with Gasteiger partial charge in [0, 0.05) is 18.0 Å². The van der Waals surface area contributed by atoms with Gasteiger partial charge >= 0.3 is 12.2 Å². The van der Waals surface area contributed by atoms with Crippen molar-refractivity contribution in [3.63, 3.8) is 0 Å². The maximum absolute atomic E-state index is 13.4. The van der Waals surface area contributed by atoms with E-state index in [2.05, 4.69) is 0 Å². The van der Waals surface area contributed by atoms with Gasteiger partial charge in [0.1, 0.15) is 6.04 Å². The number of carbonyl (C=O) groups excluding carboxylic acids is 2. The van der Waals surface area contributed by atoms with Gasteiger partial charge < -0.3 is 4.90 Å². The van der Waals surface area contributed by atoms with Gasteiger partial charge in [-0.2, -0.15) is 13.2 Å². The van der Waals surface area contributed by atoms with Gasteiger partial charge in [-0.1, -0.05) is 35.9 Å². The lowest BCUT2D eigenvalue weighted by Crippen LogP contribution is -2.39. The Bertz CT molecular complexity index is 886. The van der Waals surface area contributed by atoms with E-state index in [-0.39, 0.29) is 18.0 Å². The zero-order valence-corrected chi connectivity index (χ0v) is 14.0. The molecule has 2 aliphatic heterocycles. The summed E-state index contributed by atoms with van der Waals surface area (Å²) in [6.45, 7) is 0.191. The molecular formula is C18H12ClF3N2O2. The van der Waals surface area contributed by atoms with Crippen LogP contribution in [0.4, 0.5) is 23.7 Å². The van der Waals surface area contributed by atoms with E-state index in [1.54, 1.807) is 0 Å². The number of urea groups is 1. The Hall–Kier alpha value is -2.54. The summed E-state index contributed by atoms with van der Waals surface area (Å²) in [5, 5.41) is -0.120. The first-order valence-corrected chi connectivity index (χ1v) is 8.23. The van der Waals surface area contributed by atoms with E-state index < -0.39 is 35.4 Å². The molecule has 0 N–H and O–H groups in total. The normalized spacial score (nSPS) is 19.6. The van der Waals surface area contributed by atoms with Crippen molar-refractivity contribution in [2.24, 2.45) is 0 Å². The van der Waals surface area contributed by atoms with Crippen LogP contribution in [-0.2, 0) is 23.9 Å². The highest BCUT2D eigenvalue weighted by Gasteiger charge is 2.50. The molecule has 0 radical (unpaired) electrons. The lowest BCUT2D eigenvalue weighted by Gasteiger charge is -2.28. The second-order valence-electron chi connectivity index (χ2n) is 6.23. The van der Waals surface area contributed by atoms with Crippen LogP contribution in [0.5, 0.6) is 0 Å². The lowest BCUT2D eigenvalue weighted by atomic mass is 9.95. The topological polar surface area (TPSA) is 40.6 Å². The Labute approximate surface area is 151 Å². The molecule has 0 aliphatic carbocycles. The highest BCUT2D eigenvalue weighted by Crippen LogP contribution is 2.41. The summed E-state index contributed by atoms with van der Waals surface area (Å²) in [5.41, 5.74) is 0.210. The molecule has 4 nitrogen and oxygen atoms in total. The first kappa shape index (κ1) is 16.9. The van der Waals surface area contributed by atoms with Gasteiger partial charge in [0.05, 0.1) is 11.3 Å². The molecule has 2 heterocycles. The fraction of sp³-hybridized carbons (Fsp3) is 0.222. The van der Waals surface area contributed by atoms with Crippen LogP contribution in [0.15, 0.2) is 42.5 Å². The number of imide groups is 1. The summed E-state index contributed by atoms with van der Waals surface area (Å²) >= 11 is 5.69. The molecule has 1 unspecified atom stereocenters. The Morgan fingerprint density at radius 3 is 2.42 bits per heavy atom. The van der Waals surface area contributed by atoms with Gasteiger partial charge in [-0.25, -0.2) is 9.69 Å². The monoisotopic (exact) mass is 380 g/mol. The molecule has 0 spiro atoms. The number of fused-ring (bicyclic) bond motifs is 2. The number of hydrogen-bond acceptors (Lipinski definition) is 2. The highest BCUT2D eigenvalue weighted by atomic mass is 35.5. The number of alkyl halides is 3. The third kappa shape index (κ3) is 2.54. The largest absolute Gasteiger partial charge is 0.418 e. The smallest absolute Gasteiger partial charge is 0.307 e. The van der Waals surface area contributed by atoms with Crippen molar-refractivity contribution in [3.05, 3.63) is 64.2 Å². The van der Waals surface area contributed by atoms with Crippen LogP contribution in [0, 0.1) is 0 Å². The molecule has 2 aromatic rings. The average Bonchev–Trinajstić information content (AvgIpc) is 2.83. The summed E-state index contributed by atoms with van der Waals surface area (Å²) < 4.78 is 40.2. The Morgan fingerprint density at radius 2 is 1.73 bits per heavy atom. The van der Waals surface area contributed by atoms with Gasteiger partial charge in [0.15, 0.2) is 0 Å². The molecule has 1 fully saturated rings. The lowest BCUT2D eigenvalue weighted by molar-refractivity contribution is -0.137. The molecule has 2 aliphatic rings. The van der Waals surface area contributed by atoms with Crippen LogP contribution in [0.3, 0.4) is 0 Å². The number of benzene rings is 2. The van der Waals surface area contributed by atoms with Crippen molar-refractivity contribution in [1.82, 2.24) is 4.90 Å². The zero-order chi connectivity index (χ0) is 18.6. The van der Waals surface area contributed by atoms with Gasteiger partial charge in [-0.05, 0) is 29.3 Å². The Kier molecular flexibility index (Phi) is 3.73. The molecule has 4 rings (SSSR count). The number of anilines is 1. The summed E-state index contributed by atoms with van der Waals surface area (Å²) in [6.07, 6.45) is -4.46. The van der Waals surface area contributed by atoms with Crippen molar-refractivity contribution in [3.8, 4) is 0 Å². The van der Waals surface area contributed by atoms with E-state index in [9.17, 15) is 22.8 Å². The summed E-state index contributed by atoms with van der Waals surface area (Å²) in [4.78, 5) is 27.5. The highest BCUT2D eigenvalue weighted by molar-refractivity contribution is 6.31. The van der Waals surface area contributed by atoms with E-state index in [4.69, 9.17) is 11.6 Å². The minimum Gasteiger partial charge on any atom is -0.307 e. The standard InChI is InChI=1S/C18H12ClF3N2O2/c19-12-5-6-14(13(8-12)18(20,21)22)24-16(25)15-7-10-3-1-2-4-11(10)9-23(15)17(24)26/h1-6,8,15H,7,9H2. The number of amides is 3. The average molecular weight is 381 g/mol. The SMILES string of the molecule is O=C1C2Cc3ccccc3CN2C(=O)N1c1ccc(Cl)cc1C(F)(F)F. The molecule has 0 bridgehead atoms. The second-order valence-corrected chi connectivity index (χ2v) is 6.67. The van der Waals surface area contributed by atoms with Crippen molar-refractivity contribution in [1.29, 1.82) is 0 Å². The number of nitrogens with zero attached hydrogens (tertiary/aromatic N) is 2. The number of rotatable bonds is 1. The quantitative estimate of drug-likeness (QED) is 0.694. The second kappa shape index (κ2) is 5.74. The molecule has 3 amide bonds. The van der Waals surface area contributed by atoms with Crippen LogP contribution in [-0.4, -0.2) is 22.9 Å². The number of carbonyl (C=O) groups is 2. The maximum Gasteiger partial charge on any atom is 0.418 e. The fourth-order valence-corrected chi connectivity index (χ4v) is 3.64. The zero-order valence-electron chi connectivity index (χ0n) is 13.3. The van der Waals surface area contributed by atoms with E-state index in [0.717, 1.165) is 23.3 Å². The molecule has 0 saturated carbocycles. The summed E-state index contributed by atoms with van der Waals surface area (Å²) in [6, 6.07) is 8.83. The minimum absolute atomic E-state index is 0.120. The molecule has 134 valence electrons. The van der Waals surface area contributed by atoms with Gasteiger partial charge in [0.2, 0.25) is 0 Å². The first-order chi connectivity index (χ1) is 12.3. The predicted molar refractivity (Wildman–Crippen MR) is 88.8 cm³/mol. The third-order valence-electron chi connectivity index (χ3n) is 4.70. The van der Waals surface area contributed by atoms with Crippen molar-refractivity contribution < 1.29 is 22.8 Å². The third-order valence-corrected chi connectivity index (χ3v) is 4.93. The summed E-state index contributed by atoms with van der Waals surface area (Å²) in [7, 11) is 0. The molecule has 8 heteroatoms. The van der Waals surface area contributed by atoms with Crippen molar-refractivity contribution in [2.75, 3.05) is 4.90 Å². The van der Waals surface area contributed by atoms with Crippen molar-refractivity contribution in [2.45, 2.75) is 25.2 Å². The van der Waals surface area contributed by atoms with Gasteiger partial charge in [-0.3, -0.25) is 4.79 Å². The van der Waals surface area contributed by atoms with Crippen LogP contribution in [0.1, 0.15) is 16.7 Å². The Morgan fingerprint density at radius 1 is 1.04 bits per heavy atom. The van der Waals surface area contributed by atoms with Crippen LogP contribution in [0.2, 0.25) is 5.02 Å². The molecule has 1 saturated heterocycles. The molecule has 1 atom stereocenters. The van der Waals surface area contributed by atoms with E-state index in [1.807, 2.05) is 24.3 Å². The van der Waals surface area contributed by atoms with Gasteiger partial charge in [-0.15, -0.1) is 0 Å². The van der Waals surface area contributed by atoms with Crippen LogP contribution < -0.4 is 4.90 Å². The van der Waals surface area contributed by atoms with Crippen molar-refractivity contribution >= 4 is 29.2 Å². The molecule has 2 aromatic carbocycles. The van der Waals surface area contributed by atoms with Crippen LogP contribution >= 0.6 is 11.6 Å². The number of halogens is 4. The van der Waals surface area contributed by atoms with E-state index in [0.29, 0.717) is 4.90 Å².